The predicted octanol–water partition coefficient (Wildman–Crippen LogP) is 6.03. The van der Waals surface area contributed by atoms with Gasteiger partial charge >= 0.3 is 6.18 Å². The summed E-state index contributed by atoms with van der Waals surface area (Å²) in [5.74, 6) is 6.43. The summed E-state index contributed by atoms with van der Waals surface area (Å²) in [6, 6.07) is 17.9. The van der Waals surface area contributed by atoms with E-state index < -0.39 is 11.7 Å². The minimum Gasteiger partial charge on any atom is -0.489 e. The average Bonchev–Trinajstić information content (AvgIpc) is 2.86. The molecule has 2 aromatic carbocycles. The normalized spacial score (nSPS) is 15.8. The largest absolute Gasteiger partial charge is 0.489 e. The Morgan fingerprint density at radius 3 is 2.56 bits per heavy atom. The van der Waals surface area contributed by atoms with Crippen molar-refractivity contribution in [2.75, 3.05) is 13.2 Å². The Kier molecular flexibility index (Phi) is 7.71. The number of hydrogen-bond acceptors (Lipinski definition) is 4. The van der Waals surface area contributed by atoms with Gasteiger partial charge in [0.15, 0.2) is 0 Å². The Labute approximate surface area is 196 Å². The van der Waals surface area contributed by atoms with E-state index in [1.165, 1.54) is 12.1 Å². The lowest BCUT2D eigenvalue weighted by Gasteiger charge is -2.22. The number of benzene rings is 2. The smallest absolute Gasteiger partial charge is 0.416 e. The molecule has 0 N–H and O–H groups in total. The first kappa shape index (κ1) is 23.7. The number of ether oxygens (including phenoxy) is 3. The Morgan fingerprint density at radius 2 is 1.79 bits per heavy atom. The van der Waals surface area contributed by atoms with Crippen LogP contribution in [0.3, 0.4) is 0 Å². The average molecular weight is 467 g/mol. The number of halogens is 3. The molecule has 3 aromatic rings. The summed E-state index contributed by atoms with van der Waals surface area (Å²) in [5, 5.41) is 0. The molecule has 0 aliphatic carbocycles. The van der Waals surface area contributed by atoms with Gasteiger partial charge < -0.3 is 14.2 Å². The zero-order chi connectivity index (χ0) is 23.8. The van der Waals surface area contributed by atoms with E-state index in [0.29, 0.717) is 30.5 Å². The highest BCUT2D eigenvalue weighted by molar-refractivity contribution is 5.45. The van der Waals surface area contributed by atoms with E-state index in [1.807, 2.05) is 30.3 Å². The van der Waals surface area contributed by atoms with Gasteiger partial charge in [-0.25, -0.2) is 4.98 Å². The second-order valence-electron chi connectivity index (χ2n) is 7.93. The summed E-state index contributed by atoms with van der Waals surface area (Å²) in [5.41, 5.74) is 0.825. The third-order valence-electron chi connectivity index (χ3n) is 5.24. The van der Waals surface area contributed by atoms with Crippen LogP contribution < -0.4 is 9.47 Å². The van der Waals surface area contributed by atoms with Gasteiger partial charge in [0, 0.05) is 24.3 Å². The first-order valence-electron chi connectivity index (χ1n) is 11.1. The van der Waals surface area contributed by atoms with Crippen molar-refractivity contribution in [3.63, 3.8) is 0 Å². The van der Waals surface area contributed by atoms with Crippen LogP contribution >= 0.6 is 0 Å². The van der Waals surface area contributed by atoms with Gasteiger partial charge in [-0.3, -0.25) is 0 Å². The van der Waals surface area contributed by atoms with Gasteiger partial charge in [-0.1, -0.05) is 42.3 Å². The maximum Gasteiger partial charge on any atom is 0.416 e. The first-order valence-corrected chi connectivity index (χ1v) is 11.1. The van der Waals surface area contributed by atoms with E-state index in [-0.39, 0.29) is 11.7 Å². The molecular formula is C27H24F3NO3. The van der Waals surface area contributed by atoms with Crippen molar-refractivity contribution in [1.82, 2.24) is 4.98 Å². The predicted molar refractivity (Wildman–Crippen MR) is 122 cm³/mol. The van der Waals surface area contributed by atoms with Crippen LogP contribution in [0, 0.1) is 11.8 Å². The van der Waals surface area contributed by atoms with E-state index in [4.69, 9.17) is 14.2 Å². The van der Waals surface area contributed by atoms with Gasteiger partial charge in [0.25, 0.3) is 0 Å². The van der Waals surface area contributed by atoms with E-state index in [2.05, 4.69) is 16.8 Å². The fraction of sp³-hybridized carbons (Fsp3) is 0.296. The Morgan fingerprint density at radius 1 is 0.941 bits per heavy atom. The highest BCUT2D eigenvalue weighted by atomic mass is 19.4. The second kappa shape index (κ2) is 11.1. The molecule has 1 aliphatic rings. The van der Waals surface area contributed by atoms with Crippen LogP contribution in [-0.4, -0.2) is 24.3 Å². The maximum atomic E-state index is 13.0. The molecule has 0 radical (unpaired) electrons. The van der Waals surface area contributed by atoms with E-state index in [1.54, 1.807) is 12.1 Å². The lowest BCUT2D eigenvalue weighted by atomic mass is 10.1. The third-order valence-corrected chi connectivity index (χ3v) is 5.24. The van der Waals surface area contributed by atoms with Gasteiger partial charge in [0.05, 0.1) is 11.7 Å². The Bertz CT molecular complexity index is 1150. The molecule has 1 atom stereocenters. The fourth-order valence-electron chi connectivity index (χ4n) is 3.47. The van der Waals surface area contributed by atoms with Crippen LogP contribution in [-0.2, 0) is 17.5 Å². The quantitative estimate of drug-likeness (QED) is 0.415. The molecule has 1 saturated heterocycles. The SMILES string of the molecule is FC(F)(F)c1cccc(C#Cc2cc(OCc3ccccc3)cc(OCC3CCCCO3)n2)c1. The molecule has 0 bridgehead atoms. The third kappa shape index (κ3) is 7.00. The molecule has 34 heavy (non-hydrogen) atoms. The zero-order valence-corrected chi connectivity index (χ0v) is 18.5. The molecule has 1 aliphatic heterocycles. The number of aromatic nitrogens is 1. The molecule has 0 spiro atoms. The van der Waals surface area contributed by atoms with Crippen molar-refractivity contribution >= 4 is 0 Å². The van der Waals surface area contributed by atoms with E-state index in [9.17, 15) is 13.2 Å². The summed E-state index contributed by atoms with van der Waals surface area (Å²) in [6.45, 7) is 1.42. The fourth-order valence-corrected chi connectivity index (χ4v) is 3.47. The van der Waals surface area contributed by atoms with E-state index in [0.717, 1.165) is 43.6 Å². The van der Waals surface area contributed by atoms with Crippen LogP contribution in [0.5, 0.6) is 11.6 Å². The highest BCUT2D eigenvalue weighted by Gasteiger charge is 2.30. The highest BCUT2D eigenvalue weighted by Crippen LogP contribution is 2.29. The summed E-state index contributed by atoms with van der Waals surface area (Å²) in [7, 11) is 0. The molecule has 0 amide bonds. The molecule has 7 heteroatoms. The van der Waals surface area contributed by atoms with Crippen molar-refractivity contribution in [3.8, 4) is 23.5 Å². The van der Waals surface area contributed by atoms with Gasteiger partial charge in [-0.2, -0.15) is 13.2 Å². The van der Waals surface area contributed by atoms with Gasteiger partial charge in [0.1, 0.15) is 24.7 Å². The number of pyridine rings is 1. The molecule has 1 aromatic heterocycles. The minimum absolute atomic E-state index is 0.00378. The number of hydrogen-bond donors (Lipinski definition) is 0. The van der Waals surface area contributed by atoms with Crippen molar-refractivity contribution in [3.05, 3.63) is 89.1 Å². The minimum atomic E-state index is -4.43. The standard InChI is InChI=1S/C27H24F3NO3/c28-27(29,30)22-10-6-9-20(15-22)12-13-23-16-25(33-18-21-7-2-1-3-8-21)17-26(31-23)34-19-24-11-4-5-14-32-24/h1-3,6-10,15-17,24H,4-5,11,14,18-19H2. The molecule has 1 unspecified atom stereocenters. The van der Waals surface area contributed by atoms with Gasteiger partial charge in [0.2, 0.25) is 5.88 Å². The molecule has 2 heterocycles. The van der Waals surface area contributed by atoms with Gasteiger partial charge in [-0.15, -0.1) is 0 Å². The van der Waals surface area contributed by atoms with Crippen molar-refractivity contribution in [1.29, 1.82) is 0 Å². The number of nitrogens with zero attached hydrogens (tertiary/aromatic N) is 1. The van der Waals surface area contributed by atoms with Crippen molar-refractivity contribution in [2.45, 2.75) is 38.1 Å². The molecule has 1 fully saturated rings. The lowest BCUT2D eigenvalue weighted by molar-refractivity contribution is -0.137. The monoisotopic (exact) mass is 467 g/mol. The molecule has 4 rings (SSSR count). The van der Waals surface area contributed by atoms with Crippen LogP contribution in [0.1, 0.15) is 41.6 Å². The lowest BCUT2D eigenvalue weighted by Crippen LogP contribution is -2.26. The van der Waals surface area contributed by atoms with E-state index >= 15 is 0 Å². The Balaban J connectivity index is 1.54. The van der Waals surface area contributed by atoms with Crippen LogP contribution in [0.25, 0.3) is 0 Å². The summed E-state index contributed by atoms with van der Waals surface area (Å²) in [4.78, 5) is 4.41. The Hall–Kier alpha value is -3.50. The van der Waals surface area contributed by atoms with Crippen molar-refractivity contribution in [2.24, 2.45) is 0 Å². The molecule has 4 nitrogen and oxygen atoms in total. The van der Waals surface area contributed by atoms with Gasteiger partial charge in [-0.05, 0) is 48.9 Å². The number of rotatable bonds is 6. The summed E-state index contributed by atoms with van der Waals surface area (Å²) in [6.07, 6.45) is -1.36. The second-order valence-corrected chi connectivity index (χ2v) is 7.93. The number of alkyl halides is 3. The van der Waals surface area contributed by atoms with Crippen LogP contribution in [0.15, 0.2) is 66.7 Å². The zero-order valence-electron chi connectivity index (χ0n) is 18.5. The summed E-state index contributed by atoms with van der Waals surface area (Å²) < 4.78 is 56.5. The molecule has 176 valence electrons. The van der Waals surface area contributed by atoms with Crippen LogP contribution in [0.2, 0.25) is 0 Å². The van der Waals surface area contributed by atoms with Crippen molar-refractivity contribution < 1.29 is 27.4 Å². The first-order chi connectivity index (χ1) is 16.5. The molecular weight excluding hydrogens is 443 g/mol. The summed E-state index contributed by atoms with van der Waals surface area (Å²) >= 11 is 0. The topological polar surface area (TPSA) is 40.6 Å². The molecule has 0 saturated carbocycles. The van der Waals surface area contributed by atoms with Crippen LogP contribution in [0.4, 0.5) is 13.2 Å². The maximum absolute atomic E-state index is 13.0.